The Morgan fingerprint density at radius 3 is 2.69 bits per heavy atom. The Labute approximate surface area is 99.2 Å². The molecule has 1 unspecified atom stereocenters. The number of nitriles is 1. The lowest BCUT2D eigenvalue weighted by Crippen LogP contribution is -2.07. The average Bonchev–Trinajstić information content (AvgIpc) is 2.81. The highest BCUT2D eigenvalue weighted by molar-refractivity contribution is 7.10. The van der Waals surface area contributed by atoms with Gasteiger partial charge in [0.2, 0.25) is 0 Å². The van der Waals surface area contributed by atoms with Crippen LogP contribution >= 0.6 is 11.3 Å². The van der Waals surface area contributed by atoms with Gasteiger partial charge in [-0.3, -0.25) is 0 Å². The summed E-state index contributed by atoms with van der Waals surface area (Å²) in [6, 6.07) is 13.9. The van der Waals surface area contributed by atoms with E-state index in [1.165, 1.54) is 0 Å². The quantitative estimate of drug-likeness (QED) is 0.868. The van der Waals surface area contributed by atoms with E-state index >= 15 is 0 Å². The number of para-hydroxylation sites is 1. The molecule has 1 atom stereocenters. The second-order valence-electron chi connectivity index (χ2n) is 3.54. The minimum absolute atomic E-state index is 0.263. The van der Waals surface area contributed by atoms with Crippen molar-refractivity contribution >= 4 is 17.0 Å². The number of benzene rings is 1. The molecule has 0 amide bonds. The number of anilines is 1. The standard InChI is InChI=1S/C13H12N2S/c1-10-5-2-3-6-11(10)15-12(9-14)13-7-4-8-16-13/h2-8,12,15H,1H3. The van der Waals surface area contributed by atoms with Crippen LogP contribution in [-0.4, -0.2) is 0 Å². The van der Waals surface area contributed by atoms with Crippen LogP contribution in [0.25, 0.3) is 0 Å². The molecule has 2 nitrogen and oxygen atoms in total. The second-order valence-corrected chi connectivity index (χ2v) is 4.52. The highest BCUT2D eigenvalue weighted by Crippen LogP contribution is 2.24. The number of nitrogens with one attached hydrogen (secondary N) is 1. The van der Waals surface area contributed by atoms with Crippen molar-refractivity contribution in [1.82, 2.24) is 0 Å². The van der Waals surface area contributed by atoms with Gasteiger partial charge in [-0.15, -0.1) is 11.3 Å². The molecule has 1 aromatic heterocycles. The zero-order valence-corrected chi connectivity index (χ0v) is 9.79. The minimum Gasteiger partial charge on any atom is -0.365 e. The van der Waals surface area contributed by atoms with Gasteiger partial charge < -0.3 is 5.32 Å². The van der Waals surface area contributed by atoms with Gasteiger partial charge in [0.25, 0.3) is 0 Å². The zero-order valence-electron chi connectivity index (χ0n) is 8.97. The number of aryl methyl sites for hydroxylation is 1. The molecular formula is C13H12N2S. The third kappa shape index (κ3) is 2.23. The van der Waals surface area contributed by atoms with Gasteiger partial charge in [-0.05, 0) is 30.0 Å². The monoisotopic (exact) mass is 228 g/mol. The van der Waals surface area contributed by atoms with Crippen molar-refractivity contribution in [3.05, 3.63) is 52.2 Å². The van der Waals surface area contributed by atoms with Gasteiger partial charge in [-0.2, -0.15) is 5.26 Å². The maximum Gasteiger partial charge on any atom is 0.149 e. The summed E-state index contributed by atoms with van der Waals surface area (Å²) in [7, 11) is 0. The van der Waals surface area contributed by atoms with Crippen molar-refractivity contribution in [3.8, 4) is 6.07 Å². The van der Waals surface area contributed by atoms with E-state index in [9.17, 15) is 0 Å². The molecule has 0 bridgehead atoms. The van der Waals surface area contributed by atoms with Crippen LogP contribution in [0.15, 0.2) is 41.8 Å². The van der Waals surface area contributed by atoms with Crippen LogP contribution < -0.4 is 5.32 Å². The Kier molecular flexibility index (Phi) is 3.23. The Balaban J connectivity index is 2.21. The highest BCUT2D eigenvalue weighted by Gasteiger charge is 2.11. The van der Waals surface area contributed by atoms with Gasteiger partial charge in [0.15, 0.2) is 0 Å². The van der Waals surface area contributed by atoms with Gasteiger partial charge in [-0.25, -0.2) is 0 Å². The number of thiophene rings is 1. The minimum atomic E-state index is -0.263. The first-order chi connectivity index (χ1) is 7.81. The van der Waals surface area contributed by atoms with E-state index in [4.69, 9.17) is 5.26 Å². The van der Waals surface area contributed by atoms with E-state index in [-0.39, 0.29) is 6.04 Å². The molecule has 0 saturated heterocycles. The molecule has 1 aromatic carbocycles. The lowest BCUT2D eigenvalue weighted by Gasteiger charge is -2.13. The molecule has 16 heavy (non-hydrogen) atoms. The molecule has 2 rings (SSSR count). The van der Waals surface area contributed by atoms with Gasteiger partial charge >= 0.3 is 0 Å². The van der Waals surface area contributed by atoms with Crippen LogP contribution in [0.4, 0.5) is 5.69 Å². The van der Waals surface area contributed by atoms with Crippen LogP contribution in [0.3, 0.4) is 0 Å². The second kappa shape index (κ2) is 4.82. The topological polar surface area (TPSA) is 35.8 Å². The molecule has 80 valence electrons. The fraction of sp³-hybridized carbons (Fsp3) is 0.154. The predicted octanol–water partition coefficient (Wildman–Crippen LogP) is 3.73. The third-order valence-electron chi connectivity index (χ3n) is 2.40. The van der Waals surface area contributed by atoms with Crippen LogP contribution in [0.2, 0.25) is 0 Å². The van der Waals surface area contributed by atoms with E-state index in [2.05, 4.69) is 11.4 Å². The lowest BCUT2D eigenvalue weighted by atomic mass is 10.1. The molecular weight excluding hydrogens is 216 g/mol. The fourth-order valence-corrected chi connectivity index (χ4v) is 2.23. The number of nitrogens with zero attached hydrogens (tertiary/aromatic N) is 1. The Morgan fingerprint density at radius 2 is 2.06 bits per heavy atom. The Bertz CT molecular complexity index is 497. The smallest absolute Gasteiger partial charge is 0.149 e. The maximum absolute atomic E-state index is 9.14. The average molecular weight is 228 g/mol. The summed E-state index contributed by atoms with van der Waals surface area (Å²) in [4.78, 5) is 1.05. The Morgan fingerprint density at radius 1 is 1.25 bits per heavy atom. The molecule has 1 heterocycles. The molecule has 0 spiro atoms. The summed E-state index contributed by atoms with van der Waals surface area (Å²) in [5.74, 6) is 0. The van der Waals surface area contributed by atoms with E-state index in [1.54, 1.807) is 11.3 Å². The third-order valence-corrected chi connectivity index (χ3v) is 3.34. The van der Waals surface area contributed by atoms with Gasteiger partial charge in [0, 0.05) is 10.6 Å². The molecule has 0 saturated carbocycles. The molecule has 0 radical (unpaired) electrons. The van der Waals surface area contributed by atoms with Crippen LogP contribution in [0, 0.1) is 18.3 Å². The van der Waals surface area contributed by atoms with Gasteiger partial charge in [-0.1, -0.05) is 24.3 Å². The first kappa shape index (κ1) is 10.7. The first-order valence-corrected chi connectivity index (χ1v) is 5.94. The van der Waals surface area contributed by atoms with Gasteiger partial charge in [0.05, 0.1) is 6.07 Å². The molecule has 0 aliphatic carbocycles. The van der Waals surface area contributed by atoms with Crippen LogP contribution in [-0.2, 0) is 0 Å². The molecule has 2 aromatic rings. The number of hydrogen-bond acceptors (Lipinski definition) is 3. The summed E-state index contributed by atoms with van der Waals surface area (Å²) in [6.45, 7) is 2.03. The summed E-state index contributed by atoms with van der Waals surface area (Å²) in [5, 5.41) is 14.4. The molecule has 1 N–H and O–H groups in total. The van der Waals surface area contributed by atoms with Crippen molar-refractivity contribution in [2.24, 2.45) is 0 Å². The zero-order chi connectivity index (χ0) is 11.4. The summed E-state index contributed by atoms with van der Waals surface area (Å²) >= 11 is 1.60. The molecule has 0 aliphatic heterocycles. The van der Waals surface area contributed by atoms with Crippen molar-refractivity contribution in [2.45, 2.75) is 13.0 Å². The van der Waals surface area contributed by atoms with Crippen molar-refractivity contribution in [1.29, 1.82) is 5.26 Å². The van der Waals surface area contributed by atoms with E-state index < -0.39 is 0 Å². The summed E-state index contributed by atoms with van der Waals surface area (Å²) < 4.78 is 0. The highest BCUT2D eigenvalue weighted by atomic mass is 32.1. The largest absolute Gasteiger partial charge is 0.365 e. The van der Waals surface area contributed by atoms with Crippen LogP contribution in [0.1, 0.15) is 16.5 Å². The predicted molar refractivity (Wildman–Crippen MR) is 67.5 cm³/mol. The fourth-order valence-electron chi connectivity index (χ4n) is 1.51. The van der Waals surface area contributed by atoms with Crippen molar-refractivity contribution < 1.29 is 0 Å². The molecule has 0 aliphatic rings. The lowest BCUT2D eigenvalue weighted by molar-refractivity contribution is 1.02. The van der Waals surface area contributed by atoms with Crippen LogP contribution in [0.5, 0.6) is 0 Å². The SMILES string of the molecule is Cc1ccccc1NC(C#N)c1cccs1. The van der Waals surface area contributed by atoms with Gasteiger partial charge in [0.1, 0.15) is 6.04 Å². The first-order valence-electron chi connectivity index (χ1n) is 5.06. The van der Waals surface area contributed by atoms with E-state index in [0.29, 0.717) is 0 Å². The van der Waals surface area contributed by atoms with E-state index in [1.807, 2.05) is 48.7 Å². The maximum atomic E-state index is 9.14. The molecule has 0 fully saturated rings. The summed E-state index contributed by atoms with van der Waals surface area (Å²) in [6.07, 6.45) is 0. The molecule has 3 heteroatoms. The Hall–Kier alpha value is -1.79. The summed E-state index contributed by atoms with van der Waals surface area (Å²) in [5.41, 5.74) is 2.17. The number of hydrogen-bond donors (Lipinski definition) is 1. The number of rotatable bonds is 3. The van der Waals surface area contributed by atoms with Crippen molar-refractivity contribution in [2.75, 3.05) is 5.32 Å². The normalized spacial score (nSPS) is 11.8. The van der Waals surface area contributed by atoms with Crippen molar-refractivity contribution in [3.63, 3.8) is 0 Å². The van der Waals surface area contributed by atoms with E-state index in [0.717, 1.165) is 16.1 Å².